The summed E-state index contributed by atoms with van der Waals surface area (Å²) in [6.07, 6.45) is 0. The lowest BCUT2D eigenvalue weighted by Gasteiger charge is -2.17. The molecule has 1 atom stereocenters. The first-order chi connectivity index (χ1) is 9.29. The van der Waals surface area contributed by atoms with Crippen LogP contribution in [-0.4, -0.2) is 24.5 Å². The van der Waals surface area contributed by atoms with E-state index in [-0.39, 0.29) is 24.1 Å². The van der Waals surface area contributed by atoms with E-state index in [1.807, 2.05) is 20.8 Å². The maximum atomic E-state index is 11.8. The summed E-state index contributed by atoms with van der Waals surface area (Å²) in [6.45, 7) is 5.54. The van der Waals surface area contributed by atoms with Crippen LogP contribution in [0.4, 0.5) is 0 Å². The van der Waals surface area contributed by atoms with E-state index in [2.05, 4.69) is 5.32 Å². The van der Waals surface area contributed by atoms with Crippen LogP contribution < -0.4 is 5.32 Å². The number of ether oxygens (including phenoxy) is 1. The van der Waals surface area contributed by atoms with Gasteiger partial charge in [-0.15, -0.1) is 0 Å². The summed E-state index contributed by atoms with van der Waals surface area (Å²) < 4.78 is 4.91. The molecule has 0 saturated carbocycles. The number of rotatable bonds is 5. The van der Waals surface area contributed by atoms with E-state index in [0.29, 0.717) is 16.0 Å². The Hall–Kier alpha value is -1.26. The Kier molecular flexibility index (Phi) is 6.30. The molecule has 0 fully saturated rings. The quantitative estimate of drug-likeness (QED) is 0.848. The maximum Gasteiger partial charge on any atom is 0.338 e. The van der Waals surface area contributed by atoms with Gasteiger partial charge in [-0.3, -0.25) is 4.79 Å². The highest BCUT2D eigenvalue weighted by Crippen LogP contribution is 2.19. The van der Waals surface area contributed by atoms with Crippen molar-refractivity contribution < 1.29 is 14.3 Å². The van der Waals surface area contributed by atoms with Crippen molar-refractivity contribution >= 4 is 35.1 Å². The molecule has 1 amide bonds. The minimum Gasteiger partial charge on any atom is -0.452 e. The number of amides is 1. The molecule has 0 heterocycles. The average molecular weight is 318 g/mol. The van der Waals surface area contributed by atoms with E-state index in [9.17, 15) is 9.59 Å². The van der Waals surface area contributed by atoms with Gasteiger partial charge in [-0.2, -0.15) is 0 Å². The van der Waals surface area contributed by atoms with Gasteiger partial charge in [0.1, 0.15) is 0 Å². The van der Waals surface area contributed by atoms with E-state index in [0.717, 1.165) is 0 Å². The molecule has 0 radical (unpaired) electrons. The van der Waals surface area contributed by atoms with E-state index < -0.39 is 5.97 Å². The Balaban J connectivity index is 2.53. The molecule has 0 aliphatic heterocycles. The van der Waals surface area contributed by atoms with E-state index in [1.165, 1.54) is 18.2 Å². The third-order valence-corrected chi connectivity index (χ3v) is 3.26. The normalized spacial score (nSPS) is 12.1. The molecule has 4 nitrogen and oxygen atoms in total. The summed E-state index contributed by atoms with van der Waals surface area (Å²) in [7, 11) is 0. The molecule has 1 aromatic carbocycles. The minimum atomic E-state index is -0.637. The molecule has 6 heteroatoms. The Bertz CT molecular complexity index is 483. The monoisotopic (exact) mass is 317 g/mol. The smallest absolute Gasteiger partial charge is 0.338 e. The van der Waals surface area contributed by atoms with Crippen LogP contribution in [0.2, 0.25) is 10.0 Å². The third-order valence-electron chi connectivity index (χ3n) is 2.82. The molecule has 0 saturated heterocycles. The van der Waals surface area contributed by atoms with Gasteiger partial charge in [0.2, 0.25) is 0 Å². The second kappa shape index (κ2) is 7.50. The zero-order valence-corrected chi connectivity index (χ0v) is 13.1. The van der Waals surface area contributed by atoms with Gasteiger partial charge in [0.15, 0.2) is 6.61 Å². The predicted molar refractivity (Wildman–Crippen MR) is 79.2 cm³/mol. The molecule has 1 aromatic rings. The molecule has 0 aromatic heterocycles. The number of hydrogen-bond donors (Lipinski definition) is 1. The van der Waals surface area contributed by atoms with Crippen molar-refractivity contribution in [3.8, 4) is 0 Å². The van der Waals surface area contributed by atoms with Crippen LogP contribution in [0.5, 0.6) is 0 Å². The van der Waals surface area contributed by atoms with Crippen molar-refractivity contribution in [2.45, 2.75) is 26.8 Å². The maximum absolute atomic E-state index is 11.8. The van der Waals surface area contributed by atoms with Gasteiger partial charge in [-0.1, -0.05) is 37.0 Å². The van der Waals surface area contributed by atoms with Gasteiger partial charge >= 0.3 is 5.97 Å². The molecule has 0 aliphatic carbocycles. The Morgan fingerprint density at radius 2 is 1.70 bits per heavy atom. The van der Waals surface area contributed by atoms with Crippen molar-refractivity contribution in [2.24, 2.45) is 5.92 Å². The summed E-state index contributed by atoms with van der Waals surface area (Å²) in [5, 5.41) is 3.41. The highest BCUT2D eigenvalue weighted by molar-refractivity contribution is 6.35. The number of carbonyl (C=O) groups is 2. The average Bonchev–Trinajstić information content (AvgIpc) is 2.34. The third kappa shape index (κ3) is 5.39. The lowest BCUT2D eigenvalue weighted by molar-refractivity contribution is -0.125. The molecule has 0 spiro atoms. The molecular formula is C14H17Cl2NO3. The van der Waals surface area contributed by atoms with Crippen molar-refractivity contribution in [3.63, 3.8) is 0 Å². The van der Waals surface area contributed by atoms with Crippen molar-refractivity contribution in [1.82, 2.24) is 5.32 Å². The van der Waals surface area contributed by atoms with Crippen molar-refractivity contribution in [2.75, 3.05) is 6.61 Å². The number of carbonyl (C=O) groups excluding carboxylic acids is 2. The number of esters is 1. The summed E-state index contributed by atoms with van der Waals surface area (Å²) in [4.78, 5) is 23.3. The fraction of sp³-hybridized carbons (Fsp3) is 0.429. The largest absolute Gasteiger partial charge is 0.452 e. The van der Waals surface area contributed by atoms with Crippen LogP contribution in [0.15, 0.2) is 18.2 Å². The first kappa shape index (κ1) is 16.8. The number of halogens is 2. The van der Waals surface area contributed by atoms with Gasteiger partial charge in [0, 0.05) is 16.1 Å². The van der Waals surface area contributed by atoms with Gasteiger partial charge in [0.05, 0.1) is 5.56 Å². The van der Waals surface area contributed by atoms with Gasteiger partial charge in [-0.05, 0) is 31.0 Å². The molecule has 0 aliphatic rings. The number of nitrogens with one attached hydrogen (secondary N) is 1. The zero-order valence-electron chi connectivity index (χ0n) is 11.6. The van der Waals surface area contributed by atoms with Crippen LogP contribution in [0, 0.1) is 5.92 Å². The number of hydrogen-bond acceptors (Lipinski definition) is 3. The lowest BCUT2D eigenvalue weighted by atomic mass is 10.1. The summed E-state index contributed by atoms with van der Waals surface area (Å²) >= 11 is 11.6. The molecule has 1 rings (SSSR count). The van der Waals surface area contributed by atoms with Crippen LogP contribution in [0.3, 0.4) is 0 Å². The fourth-order valence-corrected chi connectivity index (χ4v) is 1.87. The van der Waals surface area contributed by atoms with E-state index >= 15 is 0 Å². The first-order valence-electron chi connectivity index (χ1n) is 6.22. The number of benzene rings is 1. The lowest BCUT2D eigenvalue weighted by Crippen LogP contribution is -2.38. The van der Waals surface area contributed by atoms with E-state index in [1.54, 1.807) is 0 Å². The zero-order chi connectivity index (χ0) is 15.3. The van der Waals surface area contributed by atoms with Crippen molar-refractivity contribution in [1.29, 1.82) is 0 Å². The Morgan fingerprint density at radius 1 is 1.15 bits per heavy atom. The highest BCUT2D eigenvalue weighted by atomic mass is 35.5. The first-order valence-corrected chi connectivity index (χ1v) is 6.97. The van der Waals surface area contributed by atoms with Gasteiger partial charge < -0.3 is 10.1 Å². The summed E-state index contributed by atoms with van der Waals surface area (Å²) in [5.41, 5.74) is 0.215. The topological polar surface area (TPSA) is 55.4 Å². The standard InChI is InChI=1S/C14H17Cl2NO3/c1-8(2)9(3)17-13(18)7-20-14(19)10-4-11(15)6-12(16)5-10/h4-6,8-9H,7H2,1-3H3,(H,17,18)/t9-/m0/s1. The molecule has 1 N–H and O–H groups in total. The Labute approximate surface area is 128 Å². The minimum absolute atomic E-state index is 0.0156. The fourth-order valence-electron chi connectivity index (χ4n) is 1.35. The molecule has 0 unspecified atom stereocenters. The highest BCUT2D eigenvalue weighted by Gasteiger charge is 2.14. The molecule has 20 heavy (non-hydrogen) atoms. The second-order valence-electron chi connectivity index (χ2n) is 4.83. The molecular weight excluding hydrogens is 301 g/mol. The summed E-state index contributed by atoms with van der Waals surface area (Å²) in [6, 6.07) is 4.40. The summed E-state index contributed by atoms with van der Waals surface area (Å²) in [5.74, 6) is -0.671. The van der Waals surface area contributed by atoms with Gasteiger partial charge in [-0.25, -0.2) is 4.79 Å². The van der Waals surface area contributed by atoms with Gasteiger partial charge in [0.25, 0.3) is 5.91 Å². The van der Waals surface area contributed by atoms with Crippen molar-refractivity contribution in [3.05, 3.63) is 33.8 Å². The second-order valence-corrected chi connectivity index (χ2v) is 5.71. The van der Waals surface area contributed by atoms with Crippen LogP contribution in [-0.2, 0) is 9.53 Å². The molecule has 110 valence electrons. The predicted octanol–water partition coefficient (Wildman–Crippen LogP) is 3.31. The van der Waals surface area contributed by atoms with Crippen LogP contribution >= 0.6 is 23.2 Å². The van der Waals surface area contributed by atoms with Crippen LogP contribution in [0.25, 0.3) is 0 Å². The Morgan fingerprint density at radius 3 is 2.20 bits per heavy atom. The van der Waals surface area contributed by atoms with Crippen LogP contribution in [0.1, 0.15) is 31.1 Å². The SMILES string of the molecule is CC(C)[C@H](C)NC(=O)COC(=O)c1cc(Cl)cc(Cl)c1. The van der Waals surface area contributed by atoms with E-state index in [4.69, 9.17) is 27.9 Å². The molecule has 0 bridgehead atoms.